The van der Waals surface area contributed by atoms with Gasteiger partial charge in [-0.2, -0.15) is 13.2 Å². The van der Waals surface area contributed by atoms with Crippen LogP contribution in [0.2, 0.25) is 0 Å². The van der Waals surface area contributed by atoms with Crippen LogP contribution in [-0.4, -0.2) is 95.6 Å². The van der Waals surface area contributed by atoms with Crippen LogP contribution in [0.25, 0.3) is 0 Å². The molecule has 0 aliphatic carbocycles. The van der Waals surface area contributed by atoms with Crippen molar-refractivity contribution in [1.82, 2.24) is 25.4 Å². The fourth-order valence-electron chi connectivity index (χ4n) is 3.58. The SMILES string of the molecule is C=CCOC(=O)N1CCN(C(C)(C)C(=O)NCC(=O)c2cncc(C)c2)C[C@H]1C(=O)NCC(F)(F)F. The molecule has 10 nitrogen and oxygen atoms in total. The van der Waals surface area contributed by atoms with Crippen LogP contribution in [0.5, 0.6) is 0 Å². The molecule has 198 valence electrons. The average molecular weight is 514 g/mol. The lowest BCUT2D eigenvalue weighted by molar-refractivity contribution is -0.145. The normalized spacial score (nSPS) is 16.7. The minimum absolute atomic E-state index is 0.0787. The van der Waals surface area contributed by atoms with Crippen molar-refractivity contribution in [2.45, 2.75) is 38.5 Å². The van der Waals surface area contributed by atoms with E-state index in [1.165, 1.54) is 12.3 Å². The number of hydrogen-bond acceptors (Lipinski definition) is 7. The van der Waals surface area contributed by atoms with Crippen molar-refractivity contribution in [2.75, 3.05) is 39.3 Å². The zero-order valence-electron chi connectivity index (χ0n) is 20.4. The Balaban J connectivity index is 2.12. The van der Waals surface area contributed by atoms with Gasteiger partial charge in [0, 0.05) is 37.6 Å². The highest BCUT2D eigenvalue weighted by Crippen LogP contribution is 2.22. The zero-order valence-corrected chi connectivity index (χ0v) is 20.4. The predicted octanol–water partition coefficient (Wildman–Crippen LogP) is 1.45. The van der Waals surface area contributed by atoms with Crippen molar-refractivity contribution in [3.05, 3.63) is 42.2 Å². The molecule has 3 amide bonds. The molecular formula is C23H30F3N5O5. The van der Waals surface area contributed by atoms with Crippen molar-refractivity contribution in [2.24, 2.45) is 0 Å². The Kier molecular flexibility index (Phi) is 9.56. The Morgan fingerprint density at radius 2 is 1.89 bits per heavy atom. The number of aryl methyl sites for hydroxylation is 1. The second-order valence-electron chi connectivity index (χ2n) is 8.77. The Morgan fingerprint density at radius 1 is 1.19 bits per heavy atom. The van der Waals surface area contributed by atoms with Gasteiger partial charge in [0.05, 0.1) is 12.1 Å². The predicted molar refractivity (Wildman–Crippen MR) is 123 cm³/mol. The number of hydrogen-bond donors (Lipinski definition) is 2. The van der Waals surface area contributed by atoms with Crippen LogP contribution in [0.4, 0.5) is 18.0 Å². The summed E-state index contributed by atoms with van der Waals surface area (Å²) in [4.78, 5) is 57.0. The van der Waals surface area contributed by atoms with Crippen molar-refractivity contribution < 1.29 is 37.1 Å². The van der Waals surface area contributed by atoms with E-state index < -0.39 is 42.2 Å². The number of nitrogens with zero attached hydrogens (tertiary/aromatic N) is 3. The lowest BCUT2D eigenvalue weighted by Gasteiger charge is -2.45. The van der Waals surface area contributed by atoms with Crippen LogP contribution < -0.4 is 10.6 Å². The van der Waals surface area contributed by atoms with Gasteiger partial charge in [-0.15, -0.1) is 0 Å². The number of ether oxygens (including phenoxy) is 1. The Bertz CT molecular complexity index is 999. The van der Waals surface area contributed by atoms with Gasteiger partial charge in [-0.3, -0.25) is 29.2 Å². The molecule has 36 heavy (non-hydrogen) atoms. The quantitative estimate of drug-likeness (QED) is 0.379. The first-order valence-electron chi connectivity index (χ1n) is 11.1. The highest BCUT2D eigenvalue weighted by Gasteiger charge is 2.44. The van der Waals surface area contributed by atoms with Gasteiger partial charge in [-0.05, 0) is 32.4 Å². The third-order valence-electron chi connectivity index (χ3n) is 5.66. The minimum Gasteiger partial charge on any atom is -0.445 e. The maximum atomic E-state index is 13.0. The fraction of sp³-hybridized carbons (Fsp3) is 0.522. The molecular weight excluding hydrogens is 483 g/mol. The van der Waals surface area contributed by atoms with Crippen molar-refractivity contribution in [3.63, 3.8) is 0 Å². The molecule has 0 spiro atoms. The molecule has 1 fully saturated rings. The van der Waals surface area contributed by atoms with Gasteiger partial charge in [0.25, 0.3) is 0 Å². The summed E-state index contributed by atoms with van der Waals surface area (Å²) in [5, 5.41) is 4.35. The van der Waals surface area contributed by atoms with E-state index in [9.17, 15) is 32.3 Å². The average Bonchev–Trinajstić information content (AvgIpc) is 2.83. The number of halogens is 3. The lowest BCUT2D eigenvalue weighted by atomic mass is 9.97. The van der Waals surface area contributed by atoms with Crippen LogP contribution in [0.3, 0.4) is 0 Å². The Morgan fingerprint density at radius 3 is 2.50 bits per heavy atom. The zero-order chi connectivity index (χ0) is 27.1. The second kappa shape index (κ2) is 12.0. The fourth-order valence-corrected chi connectivity index (χ4v) is 3.58. The molecule has 13 heteroatoms. The van der Waals surface area contributed by atoms with Gasteiger partial charge in [-0.1, -0.05) is 12.7 Å². The summed E-state index contributed by atoms with van der Waals surface area (Å²) in [6.45, 7) is 6.11. The highest BCUT2D eigenvalue weighted by molar-refractivity contribution is 6.00. The number of piperazine rings is 1. The maximum absolute atomic E-state index is 13.0. The van der Waals surface area contributed by atoms with Crippen molar-refractivity contribution >= 4 is 23.7 Å². The molecule has 0 aromatic carbocycles. The minimum atomic E-state index is -4.64. The van der Waals surface area contributed by atoms with E-state index in [2.05, 4.69) is 16.9 Å². The Labute approximate surface area is 206 Å². The highest BCUT2D eigenvalue weighted by atomic mass is 19.4. The summed E-state index contributed by atoms with van der Waals surface area (Å²) in [6.07, 6.45) is -1.24. The first-order chi connectivity index (χ1) is 16.8. The number of amides is 3. The van der Waals surface area contributed by atoms with Gasteiger partial charge < -0.3 is 15.4 Å². The van der Waals surface area contributed by atoms with Crippen molar-refractivity contribution in [3.8, 4) is 0 Å². The molecule has 0 radical (unpaired) electrons. The van der Waals surface area contributed by atoms with Crippen LogP contribution in [-0.2, 0) is 14.3 Å². The summed E-state index contributed by atoms with van der Waals surface area (Å²) in [6, 6.07) is 0.298. The summed E-state index contributed by atoms with van der Waals surface area (Å²) < 4.78 is 42.9. The maximum Gasteiger partial charge on any atom is 0.410 e. The van der Waals surface area contributed by atoms with Crippen LogP contribution in [0.15, 0.2) is 31.1 Å². The first kappa shape index (κ1) is 28.8. The first-order valence-corrected chi connectivity index (χ1v) is 11.1. The molecule has 1 saturated heterocycles. The number of alkyl halides is 3. The lowest BCUT2D eigenvalue weighted by Crippen LogP contribution is -2.67. The summed E-state index contributed by atoms with van der Waals surface area (Å²) >= 11 is 0. The Hall–Kier alpha value is -3.48. The molecule has 1 aromatic rings. The van der Waals surface area contributed by atoms with Crippen LogP contribution in [0.1, 0.15) is 29.8 Å². The smallest absolute Gasteiger partial charge is 0.410 e. The molecule has 0 bridgehead atoms. The molecule has 0 saturated carbocycles. The molecule has 1 aliphatic rings. The number of carbonyl (C=O) groups excluding carboxylic acids is 4. The van der Waals surface area contributed by atoms with Gasteiger partial charge in [-0.25, -0.2) is 4.79 Å². The number of ketones is 1. The topological polar surface area (TPSA) is 121 Å². The number of aromatic nitrogens is 1. The number of Topliss-reactive ketones (excluding diaryl/α,β-unsaturated/α-hetero) is 1. The van der Waals surface area contributed by atoms with Gasteiger partial charge in [0.2, 0.25) is 11.8 Å². The molecule has 1 atom stereocenters. The van der Waals surface area contributed by atoms with E-state index >= 15 is 0 Å². The molecule has 2 rings (SSSR count). The van der Waals surface area contributed by atoms with E-state index in [-0.39, 0.29) is 38.6 Å². The number of nitrogens with one attached hydrogen (secondary N) is 2. The largest absolute Gasteiger partial charge is 0.445 e. The summed E-state index contributed by atoms with van der Waals surface area (Å²) in [5.41, 5.74) is -0.141. The van der Waals surface area contributed by atoms with Crippen LogP contribution in [0, 0.1) is 6.92 Å². The van der Waals surface area contributed by atoms with Gasteiger partial charge in [0.1, 0.15) is 19.2 Å². The van der Waals surface area contributed by atoms with Crippen LogP contribution >= 0.6 is 0 Å². The number of pyridine rings is 1. The standard InChI is InChI=1S/C23H30F3N5O5/c1-5-8-36-21(35)31-7-6-30(13-17(31)19(33)29-14-23(24,25)26)22(3,4)20(34)28-12-18(32)16-9-15(2)10-27-11-16/h5,9-11,17H,1,6-8,12-14H2,2-4H3,(H,28,34)(H,29,33)/t17-/m0/s1. The van der Waals surface area contributed by atoms with Crippen molar-refractivity contribution in [1.29, 1.82) is 0 Å². The van der Waals surface area contributed by atoms with E-state index in [0.717, 1.165) is 10.5 Å². The van der Waals surface area contributed by atoms with Gasteiger partial charge in [0.15, 0.2) is 5.78 Å². The third-order valence-corrected chi connectivity index (χ3v) is 5.66. The molecule has 2 heterocycles. The summed E-state index contributed by atoms with van der Waals surface area (Å²) in [5.74, 6) is -1.92. The number of rotatable bonds is 9. The molecule has 1 aromatic heterocycles. The monoisotopic (exact) mass is 513 g/mol. The number of carbonyl (C=O) groups is 4. The van der Waals surface area contributed by atoms with E-state index in [1.54, 1.807) is 43.3 Å². The van der Waals surface area contributed by atoms with E-state index in [4.69, 9.17) is 4.74 Å². The third kappa shape index (κ3) is 7.77. The molecule has 1 aliphatic heterocycles. The molecule has 0 unspecified atom stereocenters. The molecule has 2 N–H and O–H groups in total. The second-order valence-corrected chi connectivity index (χ2v) is 8.77. The van der Waals surface area contributed by atoms with Gasteiger partial charge >= 0.3 is 12.3 Å². The van der Waals surface area contributed by atoms with E-state index in [1.807, 2.05) is 0 Å². The van der Waals surface area contributed by atoms with E-state index in [0.29, 0.717) is 5.56 Å². The summed E-state index contributed by atoms with van der Waals surface area (Å²) in [7, 11) is 0.